The Morgan fingerprint density at radius 2 is 2.06 bits per heavy atom. The molecule has 0 aromatic heterocycles. The molecule has 3 heteroatoms. The predicted molar refractivity (Wildman–Crippen MR) is 69.9 cm³/mol. The van der Waals surface area contributed by atoms with Crippen LogP contribution in [0, 0.1) is 5.82 Å². The normalized spacial score (nSPS) is 14.6. The summed E-state index contributed by atoms with van der Waals surface area (Å²) in [5.41, 5.74) is 0.133. The van der Waals surface area contributed by atoms with E-state index in [1.165, 1.54) is 6.07 Å². The van der Waals surface area contributed by atoms with E-state index < -0.39 is 11.4 Å². The van der Waals surface area contributed by atoms with E-state index in [2.05, 4.69) is 6.92 Å². The molecular formula is C14H20ClFO. The van der Waals surface area contributed by atoms with Gasteiger partial charge in [0.15, 0.2) is 0 Å². The molecule has 0 heterocycles. The maximum Gasteiger partial charge on any atom is 0.141 e. The van der Waals surface area contributed by atoms with E-state index in [-0.39, 0.29) is 5.02 Å². The Labute approximate surface area is 108 Å². The first-order valence-corrected chi connectivity index (χ1v) is 6.49. The molecule has 1 atom stereocenters. The van der Waals surface area contributed by atoms with E-state index in [4.69, 9.17) is 11.6 Å². The number of halogens is 2. The standard InChI is InChI=1S/C14H20ClFO/c1-3-4-5-8-14(2,17)10-11-6-7-13(16)12(15)9-11/h6-7,9,17H,3-5,8,10H2,1-2H3. The third kappa shape index (κ3) is 5.05. The summed E-state index contributed by atoms with van der Waals surface area (Å²) in [5.74, 6) is -0.416. The molecule has 1 rings (SSSR count). The summed E-state index contributed by atoms with van der Waals surface area (Å²) >= 11 is 5.71. The smallest absolute Gasteiger partial charge is 0.141 e. The van der Waals surface area contributed by atoms with Crippen LogP contribution in [-0.2, 0) is 6.42 Å². The summed E-state index contributed by atoms with van der Waals surface area (Å²) in [6, 6.07) is 4.61. The molecular weight excluding hydrogens is 239 g/mol. The fourth-order valence-electron chi connectivity index (χ4n) is 1.93. The van der Waals surface area contributed by atoms with Crippen molar-refractivity contribution in [3.8, 4) is 0 Å². The van der Waals surface area contributed by atoms with E-state index in [0.29, 0.717) is 6.42 Å². The summed E-state index contributed by atoms with van der Waals surface area (Å²) in [5, 5.41) is 10.3. The third-order valence-corrected chi connectivity index (χ3v) is 3.18. The molecule has 0 saturated heterocycles. The molecule has 0 spiro atoms. The minimum atomic E-state index is -0.740. The number of benzene rings is 1. The highest BCUT2D eigenvalue weighted by Crippen LogP contribution is 2.23. The molecule has 0 amide bonds. The quantitative estimate of drug-likeness (QED) is 0.752. The highest BCUT2D eigenvalue weighted by atomic mass is 35.5. The fraction of sp³-hybridized carbons (Fsp3) is 0.571. The van der Waals surface area contributed by atoms with E-state index in [0.717, 1.165) is 31.2 Å². The van der Waals surface area contributed by atoms with Crippen LogP contribution in [0.1, 0.15) is 45.1 Å². The zero-order chi connectivity index (χ0) is 12.9. The maximum absolute atomic E-state index is 13.0. The first-order valence-electron chi connectivity index (χ1n) is 6.11. The van der Waals surface area contributed by atoms with Crippen molar-refractivity contribution in [2.45, 2.75) is 51.6 Å². The maximum atomic E-state index is 13.0. The van der Waals surface area contributed by atoms with Crippen molar-refractivity contribution in [2.24, 2.45) is 0 Å². The molecule has 0 saturated carbocycles. The molecule has 0 bridgehead atoms. The van der Waals surface area contributed by atoms with Crippen molar-refractivity contribution in [3.63, 3.8) is 0 Å². The van der Waals surface area contributed by atoms with Crippen molar-refractivity contribution in [1.29, 1.82) is 0 Å². The lowest BCUT2D eigenvalue weighted by molar-refractivity contribution is 0.0486. The first kappa shape index (κ1) is 14.5. The van der Waals surface area contributed by atoms with Crippen LogP contribution < -0.4 is 0 Å². The van der Waals surface area contributed by atoms with E-state index in [9.17, 15) is 9.50 Å². The Morgan fingerprint density at radius 3 is 2.65 bits per heavy atom. The van der Waals surface area contributed by atoms with Crippen LogP contribution in [0.2, 0.25) is 5.02 Å². The highest BCUT2D eigenvalue weighted by Gasteiger charge is 2.20. The number of hydrogen-bond acceptors (Lipinski definition) is 1. The molecule has 1 aromatic rings. The van der Waals surface area contributed by atoms with Crippen molar-refractivity contribution in [2.75, 3.05) is 0 Å². The van der Waals surface area contributed by atoms with Gasteiger partial charge in [-0.25, -0.2) is 4.39 Å². The van der Waals surface area contributed by atoms with Gasteiger partial charge in [-0.05, 0) is 31.0 Å². The second kappa shape index (κ2) is 6.36. The number of aliphatic hydroxyl groups is 1. The van der Waals surface area contributed by atoms with Crippen LogP contribution in [0.25, 0.3) is 0 Å². The summed E-state index contributed by atoms with van der Waals surface area (Å²) in [4.78, 5) is 0. The monoisotopic (exact) mass is 258 g/mol. The summed E-state index contributed by atoms with van der Waals surface area (Å²) < 4.78 is 13.0. The highest BCUT2D eigenvalue weighted by molar-refractivity contribution is 6.30. The Balaban J connectivity index is 2.59. The molecule has 17 heavy (non-hydrogen) atoms. The topological polar surface area (TPSA) is 20.2 Å². The lowest BCUT2D eigenvalue weighted by atomic mass is 9.91. The summed E-state index contributed by atoms with van der Waals surface area (Å²) in [6.45, 7) is 3.95. The van der Waals surface area contributed by atoms with Crippen LogP contribution in [-0.4, -0.2) is 10.7 Å². The van der Waals surface area contributed by atoms with Gasteiger partial charge in [0, 0.05) is 6.42 Å². The molecule has 0 fully saturated rings. The molecule has 1 aromatic carbocycles. The van der Waals surface area contributed by atoms with Crippen LogP contribution >= 0.6 is 11.6 Å². The van der Waals surface area contributed by atoms with Crippen LogP contribution in [0.3, 0.4) is 0 Å². The molecule has 0 aliphatic carbocycles. The van der Waals surface area contributed by atoms with Gasteiger partial charge in [-0.3, -0.25) is 0 Å². The van der Waals surface area contributed by atoms with Gasteiger partial charge in [0.05, 0.1) is 10.6 Å². The van der Waals surface area contributed by atoms with Crippen LogP contribution in [0.15, 0.2) is 18.2 Å². The minimum absolute atomic E-state index is 0.117. The number of unbranched alkanes of at least 4 members (excludes halogenated alkanes) is 2. The van der Waals surface area contributed by atoms with Gasteiger partial charge < -0.3 is 5.11 Å². The van der Waals surface area contributed by atoms with Gasteiger partial charge in [-0.2, -0.15) is 0 Å². The SMILES string of the molecule is CCCCCC(C)(O)Cc1ccc(F)c(Cl)c1. The van der Waals surface area contributed by atoms with Gasteiger partial charge in [-0.1, -0.05) is 43.9 Å². The van der Waals surface area contributed by atoms with E-state index in [1.54, 1.807) is 12.1 Å². The number of hydrogen-bond donors (Lipinski definition) is 1. The number of rotatable bonds is 6. The van der Waals surface area contributed by atoms with Gasteiger partial charge >= 0.3 is 0 Å². The largest absolute Gasteiger partial charge is 0.390 e. The van der Waals surface area contributed by atoms with Gasteiger partial charge in [0.1, 0.15) is 5.82 Å². The average molecular weight is 259 g/mol. The molecule has 0 aliphatic rings. The Morgan fingerprint density at radius 1 is 1.35 bits per heavy atom. The molecule has 1 N–H and O–H groups in total. The fourth-order valence-corrected chi connectivity index (χ4v) is 2.14. The summed E-state index contributed by atoms with van der Waals surface area (Å²) in [7, 11) is 0. The molecule has 1 unspecified atom stereocenters. The lowest BCUT2D eigenvalue weighted by Gasteiger charge is -2.23. The second-order valence-electron chi connectivity index (χ2n) is 4.88. The van der Waals surface area contributed by atoms with Gasteiger partial charge in [0.2, 0.25) is 0 Å². The Hall–Kier alpha value is -0.600. The Bertz CT molecular complexity index is 363. The Kier molecular flexibility index (Phi) is 5.41. The molecule has 0 radical (unpaired) electrons. The van der Waals surface area contributed by atoms with Crippen molar-refractivity contribution in [3.05, 3.63) is 34.6 Å². The van der Waals surface area contributed by atoms with Crippen molar-refractivity contribution >= 4 is 11.6 Å². The van der Waals surface area contributed by atoms with Crippen molar-refractivity contribution < 1.29 is 9.50 Å². The van der Waals surface area contributed by atoms with Crippen LogP contribution in [0.5, 0.6) is 0 Å². The molecule has 0 aliphatic heterocycles. The molecule has 96 valence electrons. The van der Waals surface area contributed by atoms with Gasteiger partial charge in [-0.15, -0.1) is 0 Å². The zero-order valence-electron chi connectivity index (χ0n) is 10.5. The lowest BCUT2D eigenvalue weighted by Crippen LogP contribution is -2.27. The second-order valence-corrected chi connectivity index (χ2v) is 5.29. The van der Waals surface area contributed by atoms with E-state index >= 15 is 0 Å². The third-order valence-electron chi connectivity index (χ3n) is 2.89. The van der Waals surface area contributed by atoms with Gasteiger partial charge in [0.25, 0.3) is 0 Å². The minimum Gasteiger partial charge on any atom is -0.390 e. The predicted octanol–water partition coefficient (Wildman–Crippen LogP) is 4.35. The molecule has 1 nitrogen and oxygen atoms in total. The first-order chi connectivity index (χ1) is 7.94. The van der Waals surface area contributed by atoms with Crippen LogP contribution in [0.4, 0.5) is 4.39 Å². The average Bonchev–Trinajstić information content (AvgIpc) is 2.23. The van der Waals surface area contributed by atoms with Crippen molar-refractivity contribution in [1.82, 2.24) is 0 Å². The van der Waals surface area contributed by atoms with E-state index in [1.807, 2.05) is 6.92 Å². The summed E-state index contributed by atoms with van der Waals surface area (Å²) in [6.07, 6.45) is 4.55. The zero-order valence-corrected chi connectivity index (χ0v) is 11.2.